The first kappa shape index (κ1) is 17.4. The lowest BCUT2D eigenvalue weighted by molar-refractivity contribution is -0.135. The number of aliphatic hydroxyl groups excluding tert-OH is 1. The Kier molecular flexibility index (Phi) is 6.59. The number of nitrogens with zero attached hydrogens (tertiary/aromatic N) is 1. The molecule has 3 atom stereocenters. The van der Waals surface area contributed by atoms with Crippen LogP contribution in [-0.2, 0) is 4.79 Å². The SMILES string of the molecule is CC(C)=CC[C@H](N)C(=O)N(C)[C@H](C)[C@H](O)c1ccccc1. The lowest BCUT2D eigenvalue weighted by Crippen LogP contribution is -2.47. The van der Waals surface area contributed by atoms with Crippen LogP contribution in [-0.4, -0.2) is 35.0 Å². The molecule has 1 rings (SSSR count). The molecular formula is C17H26N2O2. The van der Waals surface area contributed by atoms with Crippen LogP contribution in [0.25, 0.3) is 0 Å². The molecule has 4 nitrogen and oxygen atoms in total. The zero-order chi connectivity index (χ0) is 16.0. The number of rotatable bonds is 6. The van der Waals surface area contributed by atoms with Gasteiger partial charge in [-0.25, -0.2) is 0 Å². The van der Waals surface area contributed by atoms with E-state index in [1.807, 2.05) is 57.2 Å². The number of carbonyl (C=O) groups is 1. The van der Waals surface area contributed by atoms with E-state index in [2.05, 4.69) is 0 Å². The first-order valence-corrected chi connectivity index (χ1v) is 7.23. The summed E-state index contributed by atoms with van der Waals surface area (Å²) in [5.41, 5.74) is 7.86. The molecule has 0 radical (unpaired) electrons. The van der Waals surface area contributed by atoms with Gasteiger partial charge in [0, 0.05) is 7.05 Å². The third-order valence-corrected chi connectivity index (χ3v) is 3.65. The van der Waals surface area contributed by atoms with E-state index in [0.717, 1.165) is 11.1 Å². The van der Waals surface area contributed by atoms with Gasteiger partial charge in [0.15, 0.2) is 0 Å². The quantitative estimate of drug-likeness (QED) is 0.790. The first-order valence-electron chi connectivity index (χ1n) is 7.23. The molecule has 0 spiro atoms. The second-order valence-electron chi connectivity index (χ2n) is 5.67. The Morgan fingerprint density at radius 3 is 2.43 bits per heavy atom. The summed E-state index contributed by atoms with van der Waals surface area (Å²) in [4.78, 5) is 13.8. The van der Waals surface area contributed by atoms with E-state index in [9.17, 15) is 9.90 Å². The van der Waals surface area contributed by atoms with Gasteiger partial charge in [0.1, 0.15) is 0 Å². The molecule has 1 aromatic carbocycles. The third kappa shape index (κ3) is 4.99. The summed E-state index contributed by atoms with van der Waals surface area (Å²) in [6.45, 7) is 5.77. The van der Waals surface area contributed by atoms with E-state index < -0.39 is 12.1 Å². The first-order chi connectivity index (χ1) is 9.84. The molecule has 0 heterocycles. The molecule has 116 valence electrons. The largest absolute Gasteiger partial charge is 0.386 e. The van der Waals surface area contributed by atoms with Crippen molar-refractivity contribution < 1.29 is 9.90 Å². The van der Waals surface area contributed by atoms with E-state index in [-0.39, 0.29) is 11.9 Å². The van der Waals surface area contributed by atoms with Crippen LogP contribution in [0.2, 0.25) is 0 Å². The number of amides is 1. The van der Waals surface area contributed by atoms with Gasteiger partial charge in [0.25, 0.3) is 0 Å². The smallest absolute Gasteiger partial charge is 0.239 e. The Morgan fingerprint density at radius 1 is 1.33 bits per heavy atom. The summed E-state index contributed by atoms with van der Waals surface area (Å²) in [5.74, 6) is -0.157. The van der Waals surface area contributed by atoms with Crippen molar-refractivity contribution in [3.8, 4) is 0 Å². The highest BCUT2D eigenvalue weighted by molar-refractivity contribution is 5.82. The lowest BCUT2D eigenvalue weighted by atomic mass is 10.0. The van der Waals surface area contributed by atoms with Gasteiger partial charge >= 0.3 is 0 Å². The van der Waals surface area contributed by atoms with Crippen molar-refractivity contribution in [2.75, 3.05) is 7.05 Å². The van der Waals surface area contributed by atoms with Gasteiger partial charge in [-0.05, 0) is 32.8 Å². The van der Waals surface area contributed by atoms with Crippen LogP contribution in [0.15, 0.2) is 42.0 Å². The number of allylic oxidation sites excluding steroid dienone is 1. The zero-order valence-corrected chi connectivity index (χ0v) is 13.3. The van der Waals surface area contributed by atoms with E-state index in [1.165, 1.54) is 4.90 Å². The molecule has 1 aromatic rings. The molecule has 0 aliphatic heterocycles. The highest BCUT2D eigenvalue weighted by Gasteiger charge is 2.26. The minimum absolute atomic E-state index is 0.157. The fourth-order valence-electron chi connectivity index (χ4n) is 2.07. The van der Waals surface area contributed by atoms with Crippen LogP contribution in [0.3, 0.4) is 0 Å². The lowest BCUT2D eigenvalue weighted by Gasteiger charge is -2.31. The van der Waals surface area contributed by atoms with Crippen LogP contribution in [0.5, 0.6) is 0 Å². The maximum Gasteiger partial charge on any atom is 0.239 e. The zero-order valence-electron chi connectivity index (χ0n) is 13.3. The molecule has 3 N–H and O–H groups in total. The molecule has 0 saturated heterocycles. The normalized spacial score (nSPS) is 15.0. The molecule has 4 heteroatoms. The topological polar surface area (TPSA) is 66.6 Å². The Morgan fingerprint density at radius 2 is 1.90 bits per heavy atom. The minimum atomic E-state index is -0.726. The standard InChI is InChI=1S/C17H26N2O2/c1-12(2)10-11-15(18)17(21)19(4)13(3)16(20)14-8-6-5-7-9-14/h5-10,13,15-16,20H,11,18H2,1-4H3/t13-,15+,16+/m1/s1. The van der Waals surface area contributed by atoms with Crippen molar-refractivity contribution in [1.29, 1.82) is 0 Å². The molecule has 0 aliphatic carbocycles. The van der Waals surface area contributed by atoms with Gasteiger partial charge in [-0.15, -0.1) is 0 Å². The Bertz CT molecular complexity index is 481. The number of hydrogen-bond acceptors (Lipinski definition) is 3. The van der Waals surface area contributed by atoms with Crippen molar-refractivity contribution in [1.82, 2.24) is 4.90 Å². The van der Waals surface area contributed by atoms with Crippen LogP contribution < -0.4 is 5.73 Å². The average Bonchev–Trinajstić information content (AvgIpc) is 2.50. The van der Waals surface area contributed by atoms with Gasteiger partial charge in [-0.2, -0.15) is 0 Å². The van der Waals surface area contributed by atoms with Crippen molar-refractivity contribution in [3.63, 3.8) is 0 Å². The Hall–Kier alpha value is -1.65. The fraction of sp³-hybridized carbons (Fsp3) is 0.471. The summed E-state index contributed by atoms with van der Waals surface area (Å²) in [5, 5.41) is 10.4. The molecule has 0 saturated carbocycles. The molecule has 0 aliphatic rings. The Labute approximate surface area is 127 Å². The minimum Gasteiger partial charge on any atom is -0.386 e. The molecule has 21 heavy (non-hydrogen) atoms. The van der Waals surface area contributed by atoms with Crippen molar-refractivity contribution in [2.45, 2.75) is 45.4 Å². The second kappa shape index (κ2) is 7.96. The number of carbonyl (C=O) groups excluding carboxylic acids is 1. The predicted octanol–water partition coefficient (Wildman–Crippen LogP) is 2.25. The summed E-state index contributed by atoms with van der Waals surface area (Å²) < 4.78 is 0. The number of aliphatic hydroxyl groups is 1. The van der Waals surface area contributed by atoms with E-state index in [0.29, 0.717) is 6.42 Å². The van der Waals surface area contributed by atoms with Crippen molar-refractivity contribution >= 4 is 5.91 Å². The average molecular weight is 290 g/mol. The number of benzene rings is 1. The maximum absolute atomic E-state index is 12.3. The van der Waals surface area contributed by atoms with E-state index >= 15 is 0 Å². The van der Waals surface area contributed by atoms with Crippen molar-refractivity contribution in [3.05, 3.63) is 47.5 Å². The molecule has 0 unspecified atom stereocenters. The van der Waals surface area contributed by atoms with Crippen molar-refractivity contribution in [2.24, 2.45) is 5.73 Å². The van der Waals surface area contributed by atoms with Gasteiger partial charge in [-0.1, -0.05) is 42.0 Å². The third-order valence-electron chi connectivity index (χ3n) is 3.65. The Balaban J connectivity index is 2.71. The molecular weight excluding hydrogens is 264 g/mol. The summed E-state index contributed by atoms with van der Waals surface area (Å²) in [6.07, 6.45) is 1.74. The number of likely N-dealkylation sites (N-methyl/N-ethyl adjacent to an activating group) is 1. The van der Waals surface area contributed by atoms with Gasteiger partial charge < -0.3 is 15.7 Å². The highest BCUT2D eigenvalue weighted by atomic mass is 16.3. The maximum atomic E-state index is 12.3. The molecule has 1 amide bonds. The van der Waals surface area contributed by atoms with Gasteiger partial charge in [-0.3, -0.25) is 4.79 Å². The summed E-state index contributed by atoms with van der Waals surface area (Å²) in [6, 6.07) is 8.42. The van der Waals surface area contributed by atoms with Gasteiger partial charge in [0.05, 0.1) is 18.2 Å². The summed E-state index contributed by atoms with van der Waals surface area (Å²) >= 11 is 0. The second-order valence-corrected chi connectivity index (χ2v) is 5.67. The van der Waals surface area contributed by atoms with E-state index in [4.69, 9.17) is 5.73 Å². The van der Waals surface area contributed by atoms with Crippen LogP contribution >= 0.6 is 0 Å². The molecule has 0 aromatic heterocycles. The molecule has 0 bridgehead atoms. The predicted molar refractivity (Wildman–Crippen MR) is 85.7 cm³/mol. The van der Waals surface area contributed by atoms with Crippen LogP contribution in [0.1, 0.15) is 38.9 Å². The van der Waals surface area contributed by atoms with Crippen LogP contribution in [0.4, 0.5) is 0 Å². The van der Waals surface area contributed by atoms with E-state index in [1.54, 1.807) is 7.05 Å². The highest BCUT2D eigenvalue weighted by Crippen LogP contribution is 2.20. The number of nitrogens with two attached hydrogens (primary N) is 1. The summed E-state index contributed by atoms with van der Waals surface area (Å²) in [7, 11) is 1.68. The van der Waals surface area contributed by atoms with Crippen LogP contribution in [0, 0.1) is 0 Å². The molecule has 0 fully saturated rings. The fourth-order valence-corrected chi connectivity index (χ4v) is 2.07. The number of hydrogen-bond donors (Lipinski definition) is 2. The monoisotopic (exact) mass is 290 g/mol. The van der Waals surface area contributed by atoms with Gasteiger partial charge in [0.2, 0.25) is 5.91 Å².